The molecule has 0 radical (unpaired) electrons. The number of carbonyl (C=O) groups excluding carboxylic acids is 2. The molecule has 1 N–H and O–H groups in total. The van der Waals surface area contributed by atoms with E-state index in [0.717, 1.165) is 12.8 Å². The van der Waals surface area contributed by atoms with Gasteiger partial charge in [-0.2, -0.15) is 0 Å². The number of carbonyl (C=O) groups is 2. The lowest BCUT2D eigenvalue weighted by molar-refractivity contribution is -0.117. The number of hydrogen-bond donors (Lipinski definition) is 1. The van der Waals surface area contributed by atoms with Crippen LogP contribution >= 0.6 is 0 Å². The highest BCUT2D eigenvalue weighted by molar-refractivity contribution is 6.02. The number of anilines is 1. The fourth-order valence-electron chi connectivity index (χ4n) is 1.62. The van der Waals surface area contributed by atoms with E-state index in [9.17, 15) is 9.59 Å². The maximum atomic E-state index is 11.7. The molecule has 96 valence electrons. The van der Waals surface area contributed by atoms with Crippen LogP contribution in [0.1, 0.15) is 23.2 Å². The first kappa shape index (κ1) is 12.4. The van der Waals surface area contributed by atoms with Gasteiger partial charge in [0.1, 0.15) is 5.75 Å². The highest BCUT2D eigenvalue weighted by Crippen LogP contribution is 2.31. The van der Waals surface area contributed by atoms with Crippen molar-refractivity contribution in [2.24, 2.45) is 5.92 Å². The van der Waals surface area contributed by atoms with Crippen LogP contribution in [0.2, 0.25) is 0 Å². The molecule has 1 fully saturated rings. The number of rotatable bonds is 4. The van der Waals surface area contributed by atoms with E-state index in [2.05, 4.69) is 10.1 Å². The van der Waals surface area contributed by atoms with Crippen LogP contribution < -0.4 is 10.1 Å². The minimum Gasteiger partial charge on any atom is -0.497 e. The zero-order valence-corrected chi connectivity index (χ0v) is 10.4. The quantitative estimate of drug-likeness (QED) is 0.827. The van der Waals surface area contributed by atoms with Crippen molar-refractivity contribution in [2.45, 2.75) is 12.8 Å². The third-order valence-electron chi connectivity index (χ3n) is 2.84. The van der Waals surface area contributed by atoms with Crippen molar-refractivity contribution in [1.82, 2.24) is 0 Å². The Morgan fingerprint density at radius 1 is 1.28 bits per heavy atom. The summed E-state index contributed by atoms with van der Waals surface area (Å²) in [7, 11) is 2.81. The lowest BCUT2D eigenvalue weighted by Crippen LogP contribution is -2.16. The molecule has 18 heavy (non-hydrogen) atoms. The van der Waals surface area contributed by atoms with Gasteiger partial charge in [0.05, 0.1) is 25.5 Å². The molecule has 0 aromatic heterocycles. The molecule has 1 saturated carbocycles. The van der Waals surface area contributed by atoms with Crippen LogP contribution in [0.5, 0.6) is 5.75 Å². The molecule has 2 rings (SSSR count). The van der Waals surface area contributed by atoms with Crippen LogP contribution in [-0.4, -0.2) is 26.1 Å². The molecule has 1 aromatic rings. The molecule has 0 aliphatic heterocycles. The second kappa shape index (κ2) is 5.08. The van der Waals surface area contributed by atoms with Crippen molar-refractivity contribution in [2.75, 3.05) is 19.5 Å². The average Bonchev–Trinajstić information content (AvgIpc) is 3.22. The maximum absolute atomic E-state index is 11.7. The molecule has 1 aliphatic rings. The Bertz CT molecular complexity index is 480. The van der Waals surface area contributed by atoms with Crippen molar-refractivity contribution >= 4 is 17.6 Å². The molecule has 1 amide bonds. The molecule has 5 heteroatoms. The van der Waals surface area contributed by atoms with Gasteiger partial charge in [0.15, 0.2) is 0 Å². The number of amides is 1. The largest absolute Gasteiger partial charge is 0.497 e. The van der Waals surface area contributed by atoms with E-state index < -0.39 is 5.97 Å². The maximum Gasteiger partial charge on any atom is 0.340 e. The third kappa shape index (κ3) is 2.61. The predicted octanol–water partition coefficient (Wildman–Crippen LogP) is 1.83. The normalized spacial score (nSPS) is 13.9. The fourth-order valence-corrected chi connectivity index (χ4v) is 1.62. The van der Waals surface area contributed by atoms with Gasteiger partial charge in [-0.25, -0.2) is 4.79 Å². The van der Waals surface area contributed by atoms with E-state index in [-0.39, 0.29) is 11.8 Å². The fraction of sp³-hybridized carbons (Fsp3) is 0.385. The predicted molar refractivity (Wildman–Crippen MR) is 65.7 cm³/mol. The Morgan fingerprint density at radius 3 is 2.56 bits per heavy atom. The smallest absolute Gasteiger partial charge is 0.340 e. The molecule has 1 aromatic carbocycles. The summed E-state index contributed by atoms with van der Waals surface area (Å²) >= 11 is 0. The van der Waals surface area contributed by atoms with E-state index in [1.54, 1.807) is 18.2 Å². The molecule has 0 spiro atoms. The summed E-state index contributed by atoms with van der Waals surface area (Å²) in [5.41, 5.74) is 0.755. The number of hydrogen-bond acceptors (Lipinski definition) is 4. The zero-order chi connectivity index (χ0) is 13.1. The summed E-state index contributed by atoms with van der Waals surface area (Å²) in [6.45, 7) is 0. The minimum atomic E-state index is -0.500. The Kier molecular flexibility index (Phi) is 3.50. The van der Waals surface area contributed by atoms with Gasteiger partial charge >= 0.3 is 5.97 Å². The summed E-state index contributed by atoms with van der Waals surface area (Å²) in [5, 5.41) is 2.74. The van der Waals surface area contributed by atoms with Crippen LogP contribution in [0.25, 0.3) is 0 Å². The Labute approximate surface area is 105 Å². The average molecular weight is 249 g/mol. The summed E-state index contributed by atoms with van der Waals surface area (Å²) in [5.74, 6) is 0.0720. The van der Waals surface area contributed by atoms with Crippen LogP contribution in [0.15, 0.2) is 18.2 Å². The van der Waals surface area contributed by atoms with Crippen molar-refractivity contribution in [3.8, 4) is 5.75 Å². The Hall–Kier alpha value is -2.04. The number of nitrogens with one attached hydrogen (secondary N) is 1. The minimum absolute atomic E-state index is 0.0506. The SMILES string of the molecule is COC(=O)c1cc(OC)ccc1NC(=O)C1CC1. The van der Waals surface area contributed by atoms with Crippen molar-refractivity contribution in [3.05, 3.63) is 23.8 Å². The first-order valence-electron chi connectivity index (χ1n) is 5.73. The monoisotopic (exact) mass is 249 g/mol. The van der Waals surface area contributed by atoms with E-state index in [0.29, 0.717) is 17.0 Å². The van der Waals surface area contributed by atoms with E-state index in [1.807, 2.05) is 0 Å². The zero-order valence-electron chi connectivity index (χ0n) is 10.4. The second-order valence-electron chi connectivity index (χ2n) is 4.17. The van der Waals surface area contributed by atoms with Gasteiger partial charge in [-0.1, -0.05) is 0 Å². The molecule has 0 bridgehead atoms. The van der Waals surface area contributed by atoms with Gasteiger partial charge in [0.25, 0.3) is 0 Å². The van der Waals surface area contributed by atoms with Crippen molar-refractivity contribution in [1.29, 1.82) is 0 Å². The lowest BCUT2D eigenvalue weighted by Gasteiger charge is -2.11. The summed E-state index contributed by atoms with van der Waals surface area (Å²) in [6.07, 6.45) is 1.82. The molecule has 0 atom stereocenters. The number of benzene rings is 1. The first-order valence-corrected chi connectivity index (χ1v) is 5.73. The van der Waals surface area contributed by atoms with Gasteiger partial charge in [-0.05, 0) is 31.0 Å². The summed E-state index contributed by atoms with van der Waals surface area (Å²) < 4.78 is 9.74. The summed E-state index contributed by atoms with van der Waals surface area (Å²) in [4.78, 5) is 23.3. The number of methoxy groups -OCH3 is 2. The first-order chi connectivity index (χ1) is 8.65. The third-order valence-corrected chi connectivity index (χ3v) is 2.84. The van der Waals surface area contributed by atoms with Crippen LogP contribution in [0, 0.1) is 5.92 Å². The molecule has 1 aliphatic carbocycles. The van der Waals surface area contributed by atoms with Gasteiger partial charge < -0.3 is 14.8 Å². The van der Waals surface area contributed by atoms with E-state index in [1.165, 1.54) is 14.2 Å². The van der Waals surface area contributed by atoms with Crippen LogP contribution in [-0.2, 0) is 9.53 Å². The lowest BCUT2D eigenvalue weighted by atomic mass is 10.1. The molecule has 0 heterocycles. The molecule has 0 saturated heterocycles. The highest BCUT2D eigenvalue weighted by Gasteiger charge is 2.30. The van der Waals surface area contributed by atoms with Gasteiger partial charge in [0, 0.05) is 5.92 Å². The van der Waals surface area contributed by atoms with Crippen molar-refractivity contribution in [3.63, 3.8) is 0 Å². The van der Waals surface area contributed by atoms with Crippen molar-refractivity contribution < 1.29 is 19.1 Å². The molecule has 0 unspecified atom stereocenters. The Balaban J connectivity index is 2.26. The topological polar surface area (TPSA) is 64.6 Å². The summed E-state index contributed by atoms with van der Waals surface area (Å²) in [6, 6.07) is 4.88. The molecule has 5 nitrogen and oxygen atoms in total. The highest BCUT2D eigenvalue weighted by atomic mass is 16.5. The van der Waals surface area contributed by atoms with Gasteiger partial charge in [0.2, 0.25) is 5.91 Å². The van der Waals surface area contributed by atoms with Gasteiger partial charge in [-0.15, -0.1) is 0 Å². The molecular formula is C13H15NO4. The molecular weight excluding hydrogens is 234 g/mol. The second-order valence-corrected chi connectivity index (χ2v) is 4.17. The number of esters is 1. The van der Waals surface area contributed by atoms with Crippen LogP contribution in [0.3, 0.4) is 0 Å². The standard InChI is InChI=1S/C13H15NO4/c1-17-9-5-6-11(10(7-9)13(16)18-2)14-12(15)8-3-4-8/h5-8H,3-4H2,1-2H3,(H,14,15). The van der Waals surface area contributed by atoms with E-state index in [4.69, 9.17) is 4.74 Å². The van der Waals surface area contributed by atoms with Gasteiger partial charge in [-0.3, -0.25) is 4.79 Å². The van der Waals surface area contributed by atoms with Crippen LogP contribution in [0.4, 0.5) is 5.69 Å². The Morgan fingerprint density at radius 2 is 2.00 bits per heavy atom. The van der Waals surface area contributed by atoms with E-state index >= 15 is 0 Å². The number of ether oxygens (including phenoxy) is 2.